The van der Waals surface area contributed by atoms with Crippen LogP contribution in [0.1, 0.15) is 25.7 Å². The summed E-state index contributed by atoms with van der Waals surface area (Å²) in [4.78, 5) is 22.5. The molecular weight excluding hydrogens is 392 g/mol. The van der Waals surface area contributed by atoms with Crippen molar-refractivity contribution < 1.29 is 9.53 Å². The molecule has 1 N–H and O–H groups in total. The van der Waals surface area contributed by atoms with Gasteiger partial charge in [0.1, 0.15) is 17.2 Å². The molecule has 4 heterocycles. The fraction of sp³-hybridized carbons (Fsp3) is 0.348. The highest BCUT2D eigenvalue weighted by molar-refractivity contribution is 5.89. The Morgan fingerprint density at radius 2 is 1.97 bits per heavy atom. The van der Waals surface area contributed by atoms with Gasteiger partial charge in [0.15, 0.2) is 0 Å². The number of hydrogen-bond donors (Lipinski definition) is 1. The van der Waals surface area contributed by atoms with E-state index in [1.54, 1.807) is 23.5 Å². The van der Waals surface area contributed by atoms with E-state index < -0.39 is 5.60 Å². The first-order chi connectivity index (χ1) is 15.2. The molecule has 1 spiro atoms. The van der Waals surface area contributed by atoms with Crippen LogP contribution in [0.3, 0.4) is 0 Å². The van der Waals surface area contributed by atoms with Crippen molar-refractivity contribution in [2.45, 2.75) is 31.3 Å². The SMILES string of the molecule is O=C1O[C@]2(CC[C@H](CNc3ccc(-c4cccnc4)nn3)CC2)CN1c1ccccn1. The van der Waals surface area contributed by atoms with Gasteiger partial charge in [-0.05, 0) is 68.0 Å². The lowest BCUT2D eigenvalue weighted by Gasteiger charge is -2.35. The zero-order valence-corrected chi connectivity index (χ0v) is 17.1. The van der Waals surface area contributed by atoms with Gasteiger partial charge in [-0.25, -0.2) is 9.78 Å². The van der Waals surface area contributed by atoms with Crippen molar-refractivity contribution >= 4 is 17.7 Å². The molecule has 31 heavy (non-hydrogen) atoms. The maximum Gasteiger partial charge on any atom is 0.416 e. The van der Waals surface area contributed by atoms with Crippen molar-refractivity contribution in [2.24, 2.45) is 5.92 Å². The van der Waals surface area contributed by atoms with Crippen LogP contribution in [-0.4, -0.2) is 44.9 Å². The minimum atomic E-state index is -0.393. The summed E-state index contributed by atoms with van der Waals surface area (Å²) in [7, 11) is 0. The molecule has 8 nitrogen and oxygen atoms in total. The Morgan fingerprint density at radius 1 is 1.06 bits per heavy atom. The number of hydrogen-bond acceptors (Lipinski definition) is 7. The summed E-state index contributed by atoms with van der Waals surface area (Å²) < 4.78 is 5.82. The Kier molecular flexibility index (Phi) is 5.19. The second-order valence-electron chi connectivity index (χ2n) is 8.19. The molecule has 1 amide bonds. The molecule has 0 radical (unpaired) electrons. The van der Waals surface area contributed by atoms with Crippen LogP contribution in [0.25, 0.3) is 11.3 Å². The summed E-state index contributed by atoms with van der Waals surface area (Å²) in [5.74, 6) is 1.93. The first-order valence-corrected chi connectivity index (χ1v) is 10.6. The normalized spacial score (nSPS) is 23.0. The van der Waals surface area contributed by atoms with E-state index in [-0.39, 0.29) is 6.09 Å². The summed E-state index contributed by atoms with van der Waals surface area (Å²) in [5, 5.41) is 12.0. The first-order valence-electron chi connectivity index (χ1n) is 10.6. The Labute approximate surface area is 180 Å². The van der Waals surface area contributed by atoms with Gasteiger partial charge in [0.2, 0.25) is 0 Å². The van der Waals surface area contributed by atoms with Crippen molar-refractivity contribution in [3.05, 3.63) is 61.1 Å². The molecule has 0 atom stereocenters. The molecule has 2 aliphatic rings. The van der Waals surface area contributed by atoms with E-state index in [1.165, 1.54) is 0 Å². The number of ether oxygens (including phenoxy) is 1. The molecule has 1 saturated carbocycles. The predicted molar refractivity (Wildman–Crippen MR) is 117 cm³/mol. The summed E-state index contributed by atoms with van der Waals surface area (Å²) in [6.45, 7) is 1.40. The standard InChI is InChI=1S/C23H24N6O2/c30-22-29(21-5-1-2-13-25-21)16-23(31-22)10-8-17(9-11-23)14-26-20-7-6-19(27-28-20)18-4-3-12-24-15-18/h1-7,12-13,15,17H,8-11,14,16H2,(H,26,28)/t17-,23-. The molecule has 5 rings (SSSR count). The molecule has 0 bridgehead atoms. The number of anilines is 2. The summed E-state index contributed by atoms with van der Waals surface area (Å²) in [6.07, 6.45) is 8.64. The number of rotatable bonds is 5. The number of carbonyl (C=O) groups excluding carboxylic acids is 1. The highest BCUT2D eigenvalue weighted by Gasteiger charge is 2.47. The largest absolute Gasteiger partial charge is 0.441 e. The number of pyridine rings is 2. The maximum absolute atomic E-state index is 12.4. The van der Waals surface area contributed by atoms with Crippen LogP contribution >= 0.6 is 0 Å². The van der Waals surface area contributed by atoms with Gasteiger partial charge in [0.05, 0.1) is 12.2 Å². The van der Waals surface area contributed by atoms with Gasteiger partial charge in [-0.15, -0.1) is 10.2 Å². The van der Waals surface area contributed by atoms with E-state index in [4.69, 9.17) is 4.74 Å². The quantitative estimate of drug-likeness (QED) is 0.673. The molecule has 3 aromatic heterocycles. The van der Waals surface area contributed by atoms with Gasteiger partial charge in [-0.2, -0.15) is 0 Å². The Bertz CT molecular complexity index is 1020. The maximum atomic E-state index is 12.4. The second-order valence-corrected chi connectivity index (χ2v) is 8.19. The summed E-state index contributed by atoms with van der Waals surface area (Å²) in [6, 6.07) is 13.3. The fourth-order valence-electron chi connectivity index (χ4n) is 4.32. The topological polar surface area (TPSA) is 93.1 Å². The second kappa shape index (κ2) is 8.29. The van der Waals surface area contributed by atoms with Crippen LogP contribution in [0, 0.1) is 5.92 Å². The third kappa shape index (κ3) is 4.19. The lowest BCUT2D eigenvalue weighted by molar-refractivity contribution is 0.0148. The van der Waals surface area contributed by atoms with Crippen LogP contribution < -0.4 is 10.2 Å². The van der Waals surface area contributed by atoms with Gasteiger partial charge in [-0.1, -0.05) is 6.07 Å². The predicted octanol–water partition coefficient (Wildman–Crippen LogP) is 3.93. The van der Waals surface area contributed by atoms with Crippen molar-refractivity contribution in [3.63, 3.8) is 0 Å². The van der Waals surface area contributed by atoms with E-state index in [1.807, 2.05) is 42.5 Å². The average molecular weight is 416 g/mol. The monoisotopic (exact) mass is 416 g/mol. The third-order valence-electron chi connectivity index (χ3n) is 6.11. The van der Waals surface area contributed by atoms with Gasteiger partial charge in [0.25, 0.3) is 0 Å². The molecule has 1 aliphatic heterocycles. The average Bonchev–Trinajstić information content (AvgIpc) is 3.16. The molecule has 0 aromatic carbocycles. The lowest BCUT2D eigenvalue weighted by atomic mass is 9.78. The Balaban J connectivity index is 1.14. The van der Waals surface area contributed by atoms with Crippen molar-refractivity contribution in [1.82, 2.24) is 20.2 Å². The summed E-state index contributed by atoms with van der Waals surface area (Å²) in [5.41, 5.74) is 1.36. The van der Waals surface area contributed by atoms with Crippen molar-refractivity contribution in [3.8, 4) is 11.3 Å². The van der Waals surface area contributed by atoms with Crippen LogP contribution in [0.4, 0.5) is 16.4 Å². The zero-order chi connectivity index (χ0) is 21.1. The van der Waals surface area contributed by atoms with Crippen LogP contribution in [0.5, 0.6) is 0 Å². The van der Waals surface area contributed by atoms with Crippen LogP contribution in [0.15, 0.2) is 61.1 Å². The van der Waals surface area contributed by atoms with Gasteiger partial charge < -0.3 is 10.1 Å². The van der Waals surface area contributed by atoms with E-state index in [0.717, 1.165) is 49.3 Å². The highest BCUT2D eigenvalue weighted by Crippen LogP contribution is 2.40. The van der Waals surface area contributed by atoms with E-state index in [9.17, 15) is 4.79 Å². The van der Waals surface area contributed by atoms with E-state index in [0.29, 0.717) is 18.3 Å². The molecule has 3 aromatic rings. The number of carbonyl (C=O) groups is 1. The van der Waals surface area contributed by atoms with Crippen molar-refractivity contribution in [1.29, 1.82) is 0 Å². The third-order valence-corrected chi connectivity index (χ3v) is 6.11. The highest BCUT2D eigenvalue weighted by atomic mass is 16.6. The van der Waals surface area contributed by atoms with Gasteiger partial charge >= 0.3 is 6.09 Å². The molecule has 158 valence electrons. The number of aromatic nitrogens is 4. The minimum Gasteiger partial charge on any atom is -0.441 e. The molecule has 1 saturated heterocycles. The zero-order valence-electron chi connectivity index (χ0n) is 17.1. The first kappa shape index (κ1) is 19.4. The van der Waals surface area contributed by atoms with E-state index in [2.05, 4.69) is 25.5 Å². The van der Waals surface area contributed by atoms with Gasteiger partial charge in [-0.3, -0.25) is 9.88 Å². The number of amides is 1. The smallest absolute Gasteiger partial charge is 0.416 e. The fourth-order valence-corrected chi connectivity index (χ4v) is 4.32. The number of nitrogens with one attached hydrogen (secondary N) is 1. The molecule has 0 unspecified atom stereocenters. The Hall–Kier alpha value is -3.55. The van der Waals surface area contributed by atoms with Gasteiger partial charge in [0, 0.05) is 30.7 Å². The van der Waals surface area contributed by atoms with E-state index >= 15 is 0 Å². The summed E-state index contributed by atoms with van der Waals surface area (Å²) >= 11 is 0. The molecule has 1 aliphatic carbocycles. The van der Waals surface area contributed by atoms with Crippen LogP contribution in [-0.2, 0) is 4.74 Å². The number of nitrogens with zero attached hydrogens (tertiary/aromatic N) is 5. The lowest BCUT2D eigenvalue weighted by Crippen LogP contribution is -2.39. The van der Waals surface area contributed by atoms with Crippen LogP contribution in [0.2, 0.25) is 0 Å². The molecule has 8 heteroatoms. The Morgan fingerprint density at radius 3 is 2.68 bits per heavy atom. The minimum absolute atomic E-state index is 0.292. The molecular formula is C23H24N6O2. The molecule has 2 fully saturated rings. The van der Waals surface area contributed by atoms with Crippen molar-refractivity contribution in [2.75, 3.05) is 23.3 Å².